The van der Waals surface area contributed by atoms with Crippen LogP contribution in [0.3, 0.4) is 0 Å². The number of aromatic nitrogens is 1. The van der Waals surface area contributed by atoms with Crippen molar-refractivity contribution in [3.63, 3.8) is 0 Å². The van der Waals surface area contributed by atoms with E-state index in [1.165, 1.54) is 12.1 Å². The van der Waals surface area contributed by atoms with Gasteiger partial charge in [0.05, 0.1) is 5.69 Å². The smallest absolute Gasteiger partial charge is 0.407 e. The predicted octanol–water partition coefficient (Wildman–Crippen LogP) is 2.80. The Bertz CT molecular complexity index is 539. The summed E-state index contributed by atoms with van der Waals surface area (Å²) in [5.41, 5.74) is 0.329. The summed E-state index contributed by atoms with van der Waals surface area (Å²) in [6.07, 6.45) is 0.00668. The van der Waals surface area contributed by atoms with E-state index in [4.69, 9.17) is 4.74 Å². The van der Waals surface area contributed by atoms with E-state index in [1.807, 2.05) is 0 Å². The molecule has 20 heavy (non-hydrogen) atoms. The van der Waals surface area contributed by atoms with E-state index in [9.17, 15) is 9.18 Å². The summed E-state index contributed by atoms with van der Waals surface area (Å²) in [4.78, 5) is 15.3. The number of carbonyl (C=O) groups excluding carboxylic acids is 1. The van der Waals surface area contributed by atoms with Gasteiger partial charge in [0, 0.05) is 13.0 Å². The second-order valence-electron chi connectivity index (χ2n) is 5.24. The van der Waals surface area contributed by atoms with Crippen molar-refractivity contribution >= 4 is 6.09 Å². The fraction of sp³-hybridized carbons (Fsp3) is 0.467. The number of amides is 1. The van der Waals surface area contributed by atoms with Crippen molar-refractivity contribution < 1.29 is 13.9 Å². The molecule has 0 aromatic carbocycles. The number of pyridine rings is 1. The number of hydrogen-bond acceptors (Lipinski definition) is 3. The number of nitrogens with zero attached hydrogens (tertiary/aromatic N) is 1. The molecule has 4 nitrogen and oxygen atoms in total. The molecular formula is C15H19FN2O2. The van der Waals surface area contributed by atoms with E-state index >= 15 is 0 Å². The molecule has 1 rings (SSSR count). The molecule has 1 aromatic heterocycles. The molecule has 0 atom stereocenters. The van der Waals surface area contributed by atoms with Gasteiger partial charge in [0.15, 0.2) is 0 Å². The van der Waals surface area contributed by atoms with Gasteiger partial charge in [-0.2, -0.15) is 0 Å². The van der Waals surface area contributed by atoms with Crippen LogP contribution in [-0.2, 0) is 4.74 Å². The van der Waals surface area contributed by atoms with Crippen LogP contribution in [0.15, 0.2) is 12.1 Å². The Balaban J connectivity index is 2.36. The summed E-state index contributed by atoms with van der Waals surface area (Å²) in [5.74, 6) is 5.33. The number of ether oxygens (including phenoxy) is 1. The zero-order valence-corrected chi connectivity index (χ0v) is 12.2. The van der Waals surface area contributed by atoms with Crippen molar-refractivity contribution in [1.29, 1.82) is 0 Å². The highest BCUT2D eigenvalue weighted by molar-refractivity contribution is 5.67. The van der Waals surface area contributed by atoms with Crippen LogP contribution in [-0.4, -0.2) is 23.2 Å². The molecule has 1 amide bonds. The summed E-state index contributed by atoms with van der Waals surface area (Å²) in [6, 6.07) is 2.86. The highest BCUT2D eigenvalue weighted by atomic mass is 19.1. The SMILES string of the molecule is Cc1nc(C#CCCNC(=O)OC(C)(C)C)ccc1F. The summed E-state index contributed by atoms with van der Waals surface area (Å²) < 4.78 is 18.1. The molecule has 0 radical (unpaired) electrons. The number of hydrogen-bond donors (Lipinski definition) is 1. The zero-order chi connectivity index (χ0) is 15.2. The summed E-state index contributed by atoms with van der Waals surface area (Å²) in [7, 11) is 0. The molecule has 0 unspecified atom stereocenters. The Kier molecular flexibility index (Phi) is 5.51. The van der Waals surface area contributed by atoms with Gasteiger partial charge in [-0.05, 0) is 45.7 Å². The lowest BCUT2D eigenvalue weighted by Gasteiger charge is -2.19. The predicted molar refractivity (Wildman–Crippen MR) is 74.7 cm³/mol. The maximum Gasteiger partial charge on any atom is 0.407 e. The van der Waals surface area contributed by atoms with Gasteiger partial charge in [-0.25, -0.2) is 14.2 Å². The molecule has 108 valence electrons. The van der Waals surface area contributed by atoms with E-state index in [0.717, 1.165) is 0 Å². The Labute approximate surface area is 118 Å². The summed E-state index contributed by atoms with van der Waals surface area (Å²) >= 11 is 0. The lowest BCUT2D eigenvalue weighted by molar-refractivity contribution is 0.0529. The van der Waals surface area contributed by atoms with Crippen LogP contribution in [0.5, 0.6) is 0 Å². The topological polar surface area (TPSA) is 51.2 Å². The molecule has 0 spiro atoms. The highest BCUT2D eigenvalue weighted by Gasteiger charge is 2.15. The molecule has 0 saturated carbocycles. The second kappa shape index (κ2) is 6.90. The van der Waals surface area contributed by atoms with Crippen molar-refractivity contribution in [2.75, 3.05) is 6.54 Å². The van der Waals surface area contributed by atoms with Crippen molar-refractivity contribution in [2.24, 2.45) is 0 Å². The molecular weight excluding hydrogens is 259 g/mol. The minimum absolute atomic E-state index is 0.323. The first kappa shape index (κ1) is 16.0. The lowest BCUT2D eigenvalue weighted by atomic mass is 10.2. The second-order valence-corrected chi connectivity index (χ2v) is 5.24. The number of rotatable bonds is 2. The Morgan fingerprint density at radius 1 is 1.45 bits per heavy atom. The van der Waals surface area contributed by atoms with Gasteiger partial charge in [-0.1, -0.05) is 5.92 Å². The number of alkyl carbamates (subject to hydrolysis) is 1. The van der Waals surface area contributed by atoms with Gasteiger partial charge in [0.2, 0.25) is 0 Å². The lowest BCUT2D eigenvalue weighted by Crippen LogP contribution is -2.32. The van der Waals surface area contributed by atoms with Crippen LogP contribution in [0.1, 0.15) is 38.6 Å². The van der Waals surface area contributed by atoms with Crippen molar-refractivity contribution in [1.82, 2.24) is 10.3 Å². The number of nitrogens with one attached hydrogen (secondary N) is 1. The Morgan fingerprint density at radius 2 is 2.15 bits per heavy atom. The maximum atomic E-state index is 13.0. The standard InChI is InChI=1S/C15H19FN2O2/c1-11-13(16)9-8-12(18-11)7-5-6-10-17-14(19)20-15(2,3)4/h8-9H,6,10H2,1-4H3,(H,17,19). The van der Waals surface area contributed by atoms with Gasteiger partial charge in [0.1, 0.15) is 17.1 Å². The average molecular weight is 278 g/mol. The number of halogens is 1. The quantitative estimate of drug-likeness (QED) is 0.668. The van der Waals surface area contributed by atoms with Crippen LogP contribution in [0.4, 0.5) is 9.18 Å². The zero-order valence-electron chi connectivity index (χ0n) is 12.2. The van der Waals surface area contributed by atoms with Gasteiger partial charge < -0.3 is 10.1 Å². The van der Waals surface area contributed by atoms with E-state index in [0.29, 0.717) is 24.4 Å². The van der Waals surface area contributed by atoms with Crippen LogP contribution < -0.4 is 5.32 Å². The maximum absolute atomic E-state index is 13.0. The van der Waals surface area contributed by atoms with Crippen molar-refractivity contribution in [3.8, 4) is 11.8 Å². The average Bonchev–Trinajstić information content (AvgIpc) is 2.31. The van der Waals surface area contributed by atoms with Gasteiger partial charge >= 0.3 is 6.09 Å². The van der Waals surface area contributed by atoms with Gasteiger partial charge in [-0.15, -0.1) is 0 Å². The first-order valence-electron chi connectivity index (χ1n) is 6.37. The largest absolute Gasteiger partial charge is 0.444 e. The van der Waals surface area contributed by atoms with Crippen molar-refractivity contribution in [2.45, 2.75) is 39.7 Å². The molecule has 0 saturated heterocycles. The third kappa shape index (κ3) is 6.19. The summed E-state index contributed by atoms with van der Waals surface area (Å²) in [5, 5.41) is 2.60. The Morgan fingerprint density at radius 3 is 2.75 bits per heavy atom. The van der Waals surface area contributed by atoms with Gasteiger partial charge in [0.25, 0.3) is 0 Å². The van der Waals surface area contributed by atoms with Crippen LogP contribution in [0, 0.1) is 24.6 Å². The molecule has 0 bridgehead atoms. The molecule has 0 fully saturated rings. The van der Waals surface area contributed by atoms with E-state index < -0.39 is 11.7 Å². The van der Waals surface area contributed by atoms with E-state index in [1.54, 1.807) is 27.7 Å². The van der Waals surface area contributed by atoms with Crippen LogP contribution >= 0.6 is 0 Å². The number of aryl methyl sites for hydroxylation is 1. The minimum Gasteiger partial charge on any atom is -0.444 e. The van der Waals surface area contributed by atoms with Gasteiger partial charge in [-0.3, -0.25) is 0 Å². The molecule has 1 N–H and O–H groups in total. The molecule has 0 aliphatic rings. The summed E-state index contributed by atoms with van der Waals surface area (Å²) in [6.45, 7) is 7.38. The molecule has 0 aliphatic heterocycles. The van der Waals surface area contributed by atoms with Crippen LogP contribution in [0.25, 0.3) is 0 Å². The third-order valence-electron chi connectivity index (χ3n) is 2.16. The fourth-order valence-electron chi connectivity index (χ4n) is 1.31. The van der Waals surface area contributed by atoms with Crippen molar-refractivity contribution in [3.05, 3.63) is 29.3 Å². The fourth-order valence-corrected chi connectivity index (χ4v) is 1.31. The molecule has 1 heterocycles. The number of carbonyl (C=O) groups is 1. The highest BCUT2D eigenvalue weighted by Crippen LogP contribution is 2.06. The monoisotopic (exact) mass is 278 g/mol. The molecule has 5 heteroatoms. The first-order chi connectivity index (χ1) is 9.28. The Hall–Kier alpha value is -2.09. The van der Waals surface area contributed by atoms with Crippen LogP contribution in [0.2, 0.25) is 0 Å². The van der Waals surface area contributed by atoms with E-state index in [2.05, 4.69) is 22.1 Å². The van der Waals surface area contributed by atoms with E-state index in [-0.39, 0.29) is 5.82 Å². The first-order valence-corrected chi connectivity index (χ1v) is 6.37. The molecule has 1 aromatic rings. The normalized spacial score (nSPS) is 10.4. The molecule has 0 aliphatic carbocycles. The minimum atomic E-state index is -0.509. The third-order valence-corrected chi connectivity index (χ3v) is 2.16.